The van der Waals surface area contributed by atoms with E-state index in [9.17, 15) is 19.6 Å². The number of benzene rings is 1. The summed E-state index contributed by atoms with van der Waals surface area (Å²) in [7, 11) is 1.20. The number of aryl methyl sites for hydroxylation is 1. The molecule has 5 N–H and O–H groups in total. The van der Waals surface area contributed by atoms with Crippen molar-refractivity contribution in [1.29, 1.82) is 5.26 Å². The van der Waals surface area contributed by atoms with Crippen molar-refractivity contribution in [3.8, 4) is 17.2 Å². The van der Waals surface area contributed by atoms with Gasteiger partial charge in [-0.15, -0.1) is 22.7 Å². The standard InChI is InChI=1S/C26H23N5O5S2/c1-5-36-26(34)19-12(3)15(25(33)35-4)23(37-19)31-22(32)20-18(28)17-16(13-8-6-11(2)7-9-13)14(10-27)21(29)30-24(17)38-20/h6-9H,5,28H2,1-4H3,(H2,29,30)(H,31,32). The fraction of sp³-hybridized carbons (Fsp3) is 0.192. The third kappa shape index (κ3) is 4.53. The van der Waals surface area contributed by atoms with Crippen LogP contribution in [0, 0.1) is 25.2 Å². The third-order valence-electron chi connectivity index (χ3n) is 5.79. The molecule has 0 atom stereocenters. The van der Waals surface area contributed by atoms with Gasteiger partial charge in [-0.05, 0) is 31.9 Å². The van der Waals surface area contributed by atoms with E-state index in [2.05, 4.69) is 16.4 Å². The smallest absolute Gasteiger partial charge is 0.348 e. The Morgan fingerprint density at radius 3 is 2.37 bits per heavy atom. The summed E-state index contributed by atoms with van der Waals surface area (Å²) < 4.78 is 9.95. The van der Waals surface area contributed by atoms with Crippen molar-refractivity contribution in [2.24, 2.45) is 0 Å². The Morgan fingerprint density at radius 1 is 1.08 bits per heavy atom. The van der Waals surface area contributed by atoms with E-state index < -0.39 is 17.8 Å². The Bertz CT molecular complexity index is 1650. The molecule has 0 saturated carbocycles. The largest absolute Gasteiger partial charge is 0.465 e. The molecular formula is C26H23N5O5S2. The van der Waals surface area contributed by atoms with Crippen LogP contribution in [0.15, 0.2) is 24.3 Å². The maximum Gasteiger partial charge on any atom is 0.348 e. The minimum absolute atomic E-state index is 0.0183. The number of rotatable bonds is 6. The maximum atomic E-state index is 13.4. The molecule has 1 amide bonds. The number of ether oxygens (including phenoxy) is 2. The first-order valence-electron chi connectivity index (χ1n) is 11.3. The van der Waals surface area contributed by atoms with Gasteiger partial charge in [0.05, 0.1) is 25.0 Å². The second kappa shape index (κ2) is 10.5. The molecule has 194 valence electrons. The molecule has 0 aliphatic rings. The molecule has 1 aromatic carbocycles. The summed E-state index contributed by atoms with van der Waals surface area (Å²) in [5.41, 5.74) is 15.4. The Hall–Kier alpha value is -4.47. The van der Waals surface area contributed by atoms with E-state index in [4.69, 9.17) is 20.9 Å². The highest BCUT2D eigenvalue weighted by atomic mass is 32.1. The lowest BCUT2D eigenvalue weighted by Crippen LogP contribution is -2.14. The zero-order valence-electron chi connectivity index (χ0n) is 20.9. The number of nitriles is 1. The van der Waals surface area contributed by atoms with Crippen molar-refractivity contribution in [2.75, 3.05) is 30.5 Å². The molecule has 10 nitrogen and oxygen atoms in total. The van der Waals surface area contributed by atoms with E-state index in [1.165, 1.54) is 7.11 Å². The first kappa shape index (κ1) is 26.6. The number of hydrogen-bond acceptors (Lipinski definition) is 11. The van der Waals surface area contributed by atoms with Gasteiger partial charge in [0.2, 0.25) is 0 Å². The summed E-state index contributed by atoms with van der Waals surface area (Å²) in [6.07, 6.45) is 0. The number of methoxy groups -OCH3 is 1. The van der Waals surface area contributed by atoms with Crippen LogP contribution in [0.4, 0.5) is 16.5 Å². The van der Waals surface area contributed by atoms with Gasteiger partial charge in [-0.2, -0.15) is 5.26 Å². The van der Waals surface area contributed by atoms with E-state index >= 15 is 0 Å². The van der Waals surface area contributed by atoms with Gasteiger partial charge in [0.1, 0.15) is 37.0 Å². The van der Waals surface area contributed by atoms with Crippen LogP contribution in [0.5, 0.6) is 0 Å². The summed E-state index contributed by atoms with van der Waals surface area (Å²) in [5, 5.41) is 13.1. The van der Waals surface area contributed by atoms with Crippen LogP contribution in [0.1, 0.15) is 53.3 Å². The summed E-state index contributed by atoms with van der Waals surface area (Å²) in [4.78, 5) is 43.4. The molecule has 0 spiro atoms. The fourth-order valence-electron chi connectivity index (χ4n) is 3.96. The molecule has 4 rings (SSSR count). The minimum atomic E-state index is -0.719. The first-order chi connectivity index (χ1) is 18.1. The molecule has 38 heavy (non-hydrogen) atoms. The second-order valence-corrected chi connectivity index (χ2v) is 10.2. The Morgan fingerprint density at radius 2 is 1.76 bits per heavy atom. The molecule has 0 unspecified atom stereocenters. The molecule has 4 aromatic rings. The van der Waals surface area contributed by atoms with Gasteiger partial charge in [-0.3, -0.25) is 4.79 Å². The van der Waals surface area contributed by atoms with Crippen molar-refractivity contribution in [2.45, 2.75) is 20.8 Å². The fourth-order valence-corrected chi connectivity index (χ4v) is 6.05. The minimum Gasteiger partial charge on any atom is -0.465 e. The number of fused-ring (bicyclic) bond motifs is 1. The molecule has 0 aliphatic carbocycles. The van der Waals surface area contributed by atoms with E-state index in [1.807, 2.05) is 31.2 Å². The van der Waals surface area contributed by atoms with Crippen molar-refractivity contribution in [3.05, 3.63) is 56.3 Å². The van der Waals surface area contributed by atoms with Crippen LogP contribution < -0.4 is 16.8 Å². The number of hydrogen-bond donors (Lipinski definition) is 3. The zero-order chi connectivity index (χ0) is 27.7. The molecular weight excluding hydrogens is 526 g/mol. The van der Waals surface area contributed by atoms with Crippen LogP contribution >= 0.6 is 22.7 Å². The number of nitrogens with zero attached hydrogens (tertiary/aromatic N) is 2. The van der Waals surface area contributed by atoms with Crippen molar-refractivity contribution in [3.63, 3.8) is 0 Å². The van der Waals surface area contributed by atoms with Crippen LogP contribution in [0.2, 0.25) is 0 Å². The predicted molar refractivity (Wildman–Crippen MR) is 148 cm³/mol. The number of carbonyl (C=O) groups excluding carboxylic acids is 3. The number of thiophene rings is 2. The molecule has 0 bridgehead atoms. The Labute approximate surface area is 225 Å². The van der Waals surface area contributed by atoms with Gasteiger partial charge >= 0.3 is 11.9 Å². The summed E-state index contributed by atoms with van der Waals surface area (Å²) >= 11 is 1.90. The van der Waals surface area contributed by atoms with Crippen LogP contribution in [-0.4, -0.2) is 36.5 Å². The number of aromatic nitrogens is 1. The monoisotopic (exact) mass is 549 g/mol. The lowest BCUT2D eigenvalue weighted by atomic mass is 9.96. The number of carbonyl (C=O) groups is 3. The van der Waals surface area contributed by atoms with Crippen molar-refractivity contribution in [1.82, 2.24) is 4.98 Å². The molecule has 3 aromatic heterocycles. The van der Waals surface area contributed by atoms with E-state index in [1.54, 1.807) is 13.8 Å². The summed E-state index contributed by atoms with van der Waals surface area (Å²) in [6.45, 7) is 5.32. The SMILES string of the molecule is CCOC(=O)c1sc(NC(=O)c2sc3nc(N)c(C#N)c(-c4ccc(C)cc4)c3c2N)c(C(=O)OC)c1C. The van der Waals surface area contributed by atoms with Gasteiger partial charge in [0.15, 0.2) is 0 Å². The number of nitrogen functional groups attached to an aromatic ring is 2. The van der Waals surface area contributed by atoms with Gasteiger partial charge in [0.25, 0.3) is 5.91 Å². The molecule has 0 aliphatic heterocycles. The first-order valence-corrected chi connectivity index (χ1v) is 12.9. The molecule has 0 radical (unpaired) electrons. The molecule has 0 fully saturated rings. The Balaban J connectivity index is 1.85. The van der Waals surface area contributed by atoms with E-state index in [0.717, 1.165) is 28.2 Å². The van der Waals surface area contributed by atoms with Gasteiger partial charge < -0.3 is 26.3 Å². The van der Waals surface area contributed by atoms with Crippen molar-refractivity contribution < 1.29 is 23.9 Å². The molecule has 3 heterocycles. The number of nitrogens with two attached hydrogens (primary N) is 2. The normalized spacial score (nSPS) is 10.7. The van der Waals surface area contributed by atoms with Gasteiger partial charge in [-0.1, -0.05) is 29.8 Å². The summed E-state index contributed by atoms with van der Waals surface area (Å²) in [6, 6.07) is 9.57. The lowest BCUT2D eigenvalue weighted by molar-refractivity contribution is 0.0531. The highest BCUT2D eigenvalue weighted by Crippen LogP contribution is 2.43. The summed E-state index contributed by atoms with van der Waals surface area (Å²) in [5.74, 6) is -1.94. The van der Waals surface area contributed by atoms with E-state index in [-0.39, 0.29) is 44.0 Å². The number of pyridine rings is 1. The van der Waals surface area contributed by atoms with Crippen molar-refractivity contribution >= 4 is 67.2 Å². The average molecular weight is 550 g/mol. The van der Waals surface area contributed by atoms with Gasteiger partial charge in [0, 0.05) is 10.9 Å². The predicted octanol–water partition coefficient (Wildman–Crippen LogP) is 4.89. The van der Waals surface area contributed by atoms with Gasteiger partial charge in [-0.25, -0.2) is 14.6 Å². The topological polar surface area (TPSA) is 170 Å². The quantitative estimate of drug-likeness (QED) is 0.283. The second-order valence-electron chi connectivity index (χ2n) is 8.18. The van der Waals surface area contributed by atoms with Crippen LogP contribution in [0.25, 0.3) is 21.3 Å². The average Bonchev–Trinajstić information content (AvgIpc) is 3.39. The number of nitrogens with one attached hydrogen (secondary N) is 1. The number of amides is 1. The highest BCUT2D eigenvalue weighted by Gasteiger charge is 2.29. The lowest BCUT2D eigenvalue weighted by Gasteiger charge is -2.10. The third-order valence-corrected chi connectivity index (χ3v) is 8.07. The molecule has 0 saturated heterocycles. The van der Waals surface area contributed by atoms with Crippen LogP contribution in [-0.2, 0) is 9.47 Å². The highest BCUT2D eigenvalue weighted by molar-refractivity contribution is 7.22. The maximum absolute atomic E-state index is 13.4. The Kier molecular flexibility index (Phi) is 7.34. The number of anilines is 3. The van der Waals surface area contributed by atoms with E-state index in [0.29, 0.717) is 26.9 Å². The van der Waals surface area contributed by atoms with Crippen LogP contribution in [0.3, 0.4) is 0 Å². The molecule has 12 heteroatoms. The number of esters is 2. The zero-order valence-corrected chi connectivity index (χ0v) is 22.6.